The molecule has 1 rings (SSSR count). The number of hydrogen-bond acceptors (Lipinski definition) is 2. The Bertz CT molecular complexity index is 208. The molecule has 0 aliphatic heterocycles. The molecule has 1 aliphatic rings. The van der Waals surface area contributed by atoms with Crippen molar-refractivity contribution in [2.45, 2.75) is 64.3 Å². The van der Waals surface area contributed by atoms with Gasteiger partial charge in [-0.05, 0) is 31.0 Å². The van der Waals surface area contributed by atoms with Crippen LogP contribution in [-0.2, 0) is 4.43 Å². The maximum absolute atomic E-state index is 9.72. The topological polar surface area (TPSA) is 29.5 Å². The van der Waals surface area contributed by atoms with Crippen molar-refractivity contribution in [1.29, 1.82) is 0 Å². The number of rotatable bonds is 3. The average molecular weight is 230 g/mol. The van der Waals surface area contributed by atoms with E-state index in [0.29, 0.717) is 5.92 Å². The molecular formula is C12H26O2Si. The van der Waals surface area contributed by atoms with Gasteiger partial charge in [0.15, 0.2) is 8.32 Å². The summed E-state index contributed by atoms with van der Waals surface area (Å²) in [6.07, 6.45) is 3.14. The molecule has 0 aromatic rings. The molecule has 0 aromatic carbocycles. The van der Waals surface area contributed by atoms with Crippen LogP contribution in [-0.4, -0.2) is 26.1 Å². The van der Waals surface area contributed by atoms with Gasteiger partial charge in [-0.2, -0.15) is 0 Å². The van der Waals surface area contributed by atoms with Crippen molar-refractivity contribution in [2.75, 3.05) is 6.61 Å². The van der Waals surface area contributed by atoms with Crippen molar-refractivity contribution in [2.24, 2.45) is 5.92 Å². The van der Waals surface area contributed by atoms with E-state index in [1.807, 2.05) is 0 Å². The minimum absolute atomic E-state index is 0.116. The van der Waals surface area contributed by atoms with Crippen molar-refractivity contribution in [3.05, 3.63) is 0 Å². The van der Waals surface area contributed by atoms with Crippen molar-refractivity contribution < 1.29 is 9.53 Å². The van der Waals surface area contributed by atoms with Crippen LogP contribution in [0.25, 0.3) is 0 Å². The smallest absolute Gasteiger partial charge is 0.191 e. The summed E-state index contributed by atoms with van der Waals surface area (Å²) in [5.74, 6) is 0.388. The van der Waals surface area contributed by atoms with Gasteiger partial charge in [-0.1, -0.05) is 27.2 Å². The third-order valence-electron chi connectivity index (χ3n) is 4.08. The highest BCUT2D eigenvalue weighted by atomic mass is 28.4. The summed E-state index contributed by atoms with van der Waals surface area (Å²) in [4.78, 5) is 0. The Morgan fingerprint density at radius 2 is 1.87 bits per heavy atom. The van der Waals surface area contributed by atoms with Gasteiger partial charge in [0.2, 0.25) is 0 Å². The second kappa shape index (κ2) is 4.56. The van der Waals surface area contributed by atoms with Crippen LogP contribution in [0.3, 0.4) is 0 Å². The zero-order valence-electron chi connectivity index (χ0n) is 10.8. The van der Waals surface area contributed by atoms with Gasteiger partial charge in [0.25, 0.3) is 0 Å². The largest absolute Gasteiger partial charge is 0.416 e. The van der Waals surface area contributed by atoms with E-state index in [-0.39, 0.29) is 11.1 Å². The summed E-state index contributed by atoms with van der Waals surface area (Å²) < 4.78 is 6.13. The quantitative estimate of drug-likeness (QED) is 0.755. The van der Waals surface area contributed by atoms with Crippen molar-refractivity contribution in [3.63, 3.8) is 0 Å². The summed E-state index contributed by atoms with van der Waals surface area (Å²) in [5, 5.41) is 10.00. The molecule has 2 nitrogen and oxygen atoms in total. The lowest BCUT2D eigenvalue weighted by molar-refractivity contribution is 0.0939. The first-order valence-corrected chi connectivity index (χ1v) is 8.97. The Balaban J connectivity index is 2.42. The van der Waals surface area contributed by atoms with E-state index in [1.54, 1.807) is 0 Å². The summed E-state index contributed by atoms with van der Waals surface area (Å²) in [6.45, 7) is 12.1. The lowest BCUT2D eigenvalue weighted by Gasteiger charge is -2.37. The zero-order valence-corrected chi connectivity index (χ0v) is 11.8. The molecule has 15 heavy (non-hydrogen) atoms. The summed E-state index contributed by atoms with van der Waals surface area (Å²) in [5.41, 5.74) is 0. The Morgan fingerprint density at radius 1 is 1.27 bits per heavy atom. The molecule has 1 aliphatic carbocycles. The second-order valence-electron chi connectivity index (χ2n) is 6.33. The summed E-state index contributed by atoms with van der Waals surface area (Å²) in [6, 6.07) is 0. The Hall–Kier alpha value is 0.137. The Labute approximate surface area is 95.2 Å². The molecule has 0 amide bonds. The van der Waals surface area contributed by atoms with Crippen LogP contribution in [0.15, 0.2) is 0 Å². The van der Waals surface area contributed by atoms with Crippen molar-refractivity contribution in [1.82, 2.24) is 0 Å². The van der Waals surface area contributed by atoms with Gasteiger partial charge in [-0.15, -0.1) is 0 Å². The van der Waals surface area contributed by atoms with Crippen LogP contribution in [0.1, 0.15) is 40.0 Å². The highest BCUT2D eigenvalue weighted by Crippen LogP contribution is 2.37. The highest BCUT2D eigenvalue weighted by Gasteiger charge is 2.38. The molecule has 1 saturated carbocycles. The lowest BCUT2D eigenvalue weighted by atomic mass is 10.1. The molecule has 3 heteroatoms. The van der Waals surface area contributed by atoms with E-state index < -0.39 is 8.32 Å². The molecule has 0 bridgehead atoms. The zero-order chi connectivity index (χ0) is 11.7. The van der Waals surface area contributed by atoms with Crippen LogP contribution in [0.5, 0.6) is 0 Å². The van der Waals surface area contributed by atoms with Gasteiger partial charge in [0, 0.05) is 12.5 Å². The fourth-order valence-corrected chi connectivity index (χ4v) is 2.81. The first-order valence-electron chi connectivity index (χ1n) is 6.06. The van der Waals surface area contributed by atoms with Crippen molar-refractivity contribution in [3.8, 4) is 0 Å². The fraction of sp³-hybridized carbons (Fsp3) is 1.00. The van der Waals surface area contributed by atoms with Crippen molar-refractivity contribution >= 4 is 8.32 Å². The van der Waals surface area contributed by atoms with E-state index in [4.69, 9.17) is 4.43 Å². The minimum atomic E-state index is -1.61. The molecule has 1 N–H and O–H groups in total. The molecule has 0 aromatic heterocycles. The maximum atomic E-state index is 9.72. The summed E-state index contributed by atoms with van der Waals surface area (Å²) >= 11 is 0. The predicted molar refractivity (Wildman–Crippen MR) is 66.5 cm³/mol. The third kappa shape index (κ3) is 3.30. The molecular weight excluding hydrogens is 204 g/mol. The number of hydrogen-bond donors (Lipinski definition) is 1. The molecule has 2 atom stereocenters. The fourth-order valence-electron chi connectivity index (χ4n) is 1.74. The number of aliphatic hydroxyl groups is 1. The van der Waals surface area contributed by atoms with Gasteiger partial charge in [-0.25, -0.2) is 0 Å². The Morgan fingerprint density at radius 3 is 2.27 bits per heavy atom. The lowest BCUT2D eigenvalue weighted by Crippen LogP contribution is -2.42. The molecule has 0 unspecified atom stereocenters. The third-order valence-corrected chi connectivity index (χ3v) is 8.58. The normalized spacial score (nSPS) is 28.4. The Kier molecular flexibility index (Phi) is 4.01. The minimum Gasteiger partial charge on any atom is -0.416 e. The van der Waals surface area contributed by atoms with E-state index in [1.165, 1.54) is 0 Å². The monoisotopic (exact) mass is 230 g/mol. The van der Waals surface area contributed by atoms with Gasteiger partial charge < -0.3 is 9.53 Å². The SMILES string of the molecule is CC(C)(C)[Si](C)(C)OC[C@@H]1CCC[C@@H]1O. The predicted octanol–water partition coefficient (Wildman–Crippen LogP) is 3.17. The van der Waals surface area contributed by atoms with E-state index in [9.17, 15) is 5.11 Å². The standard InChI is InChI=1S/C12H26O2Si/c1-12(2,3)15(4,5)14-9-10-7-6-8-11(10)13/h10-11,13H,6-9H2,1-5H3/t10-,11-/m0/s1. The maximum Gasteiger partial charge on any atom is 0.191 e. The second-order valence-corrected chi connectivity index (χ2v) is 11.1. The molecule has 0 heterocycles. The van der Waals surface area contributed by atoms with Crippen LogP contribution >= 0.6 is 0 Å². The number of aliphatic hydroxyl groups excluding tert-OH is 1. The highest BCUT2D eigenvalue weighted by molar-refractivity contribution is 6.74. The van der Waals surface area contributed by atoms with Crippen LogP contribution in [0.2, 0.25) is 18.1 Å². The molecule has 90 valence electrons. The van der Waals surface area contributed by atoms with Gasteiger partial charge >= 0.3 is 0 Å². The molecule has 0 radical (unpaired) electrons. The average Bonchev–Trinajstić information content (AvgIpc) is 2.46. The molecule has 0 spiro atoms. The molecule has 0 saturated heterocycles. The van der Waals surface area contributed by atoms with Gasteiger partial charge in [-0.3, -0.25) is 0 Å². The first kappa shape index (κ1) is 13.2. The van der Waals surface area contributed by atoms with E-state index in [0.717, 1.165) is 25.9 Å². The first-order chi connectivity index (χ1) is 6.74. The van der Waals surface area contributed by atoms with Crippen LogP contribution in [0, 0.1) is 5.92 Å². The van der Waals surface area contributed by atoms with E-state index >= 15 is 0 Å². The van der Waals surface area contributed by atoms with Crippen LogP contribution in [0.4, 0.5) is 0 Å². The summed E-state index contributed by atoms with van der Waals surface area (Å²) in [7, 11) is -1.61. The van der Waals surface area contributed by atoms with Crippen LogP contribution < -0.4 is 0 Å². The van der Waals surface area contributed by atoms with E-state index in [2.05, 4.69) is 33.9 Å². The molecule has 1 fully saturated rings. The van der Waals surface area contributed by atoms with Gasteiger partial charge in [0.1, 0.15) is 0 Å². The van der Waals surface area contributed by atoms with Gasteiger partial charge in [0.05, 0.1) is 6.10 Å².